The number of nitro benzene ring substituents is 1. The number of para-hydroxylation sites is 1. The number of amides is 1. The highest BCUT2D eigenvalue weighted by Crippen LogP contribution is 2.29. The number of carbonyl (C=O) groups excluding carboxylic acids is 1. The van der Waals surface area contributed by atoms with Gasteiger partial charge in [-0.15, -0.1) is 6.58 Å². The average Bonchev–Trinajstić information content (AvgIpc) is 2.76. The van der Waals surface area contributed by atoms with Crippen molar-refractivity contribution in [3.63, 3.8) is 0 Å². The number of primary amides is 1. The zero-order chi connectivity index (χ0) is 22.4. The number of anilines is 1. The fraction of sp³-hybridized carbons (Fsp3) is 0.227. The van der Waals surface area contributed by atoms with Crippen LogP contribution in [0.15, 0.2) is 61.4 Å². The zero-order valence-corrected chi connectivity index (χ0v) is 17.2. The van der Waals surface area contributed by atoms with Gasteiger partial charge >= 0.3 is 0 Å². The maximum atomic E-state index is 11.8. The van der Waals surface area contributed by atoms with Crippen LogP contribution in [0.5, 0.6) is 0 Å². The second-order valence-electron chi connectivity index (χ2n) is 7.18. The Labute approximate surface area is 179 Å². The largest absolute Gasteiger partial charge is 0.366 e. The van der Waals surface area contributed by atoms with Crippen LogP contribution >= 0.6 is 0 Å². The van der Waals surface area contributed by atoms with Crippen LogP contribution in [0.2, 0.25) is 0 Å². The molecule has 160 valence electrons. The van der Waals surface area contributed by atoms with Gasteiger partial charge in [0.05, 0.1) is 22.0 Å². The molecule has 0 saturated heterocycles. The van der Waals surface area contributed by atoms with Crippen molar-refractivity contribution in [1.82, 2.24) is 14.9 Å². The lowest BCUT2D eigenvalue weighted by atomic mass is 10.0. The van der Waals surface area contributed by atoms with E-state index in [-0.39, 0.29) is 11.7 Å². The van der Waals surface area contributed by atoms with E-state index in [9.17, 15) is 14.9 Å². The number of rotatable bonds is 10. The van der Waals surface area contributed by atoms with Gasteiger partial charge in [-0.25, -0.2) is 9.97 Å². The summed E-state index contributed by atoms with van der Waals surface area (Å²) in [5, 5.41) is 15.3. The van der Waals surface area contributed by atoms with E-state index in [1.165, 1.54) is 12.4 Å². The molecule has 0 bridgehead atoms. The third-order valence-corrected chi connectivity index (χ3v) is 4.96. The first-order chi connectivity index (χ1) is 14.9. The van der Waals surface area contributed by atoms with Crippen molar-refractivity contribution in [3.05, 3.63) is 82.7 Å². The molecule has 3 N–H and O–H groups in total. The molecule has 1 aromatic heterocycles. The predicted molar refractivity (Wildman–Crippen MR) is 120 cm³/mol. The van der Waals surface area contributed by atoms with Crippen molar-refractivity contribution in [3.8, 4) is 0 Å². The SMILES string of the molecule is C=CCN(C)CCC(Nc1ncnc2c(C(N)=O)cccc12)c1cccc([N+](=O)[O-])c1. The van der Waals surface area contributed by atoms with Crippen LogP contribution < -0.4 is 11.1 Å². The lowest BCUT2D eigenvalue weighted by Gasteiger charge is -2.23. The number of likely N-dealkylation sites (N-methyl/N-ethyl adjacent to an activating group) is 1. The fourth-order valence-corrected chi connectivity index (χ4v) is 3.40. The molecule has 0 spiro atoms. The molecule has 0 aliphatic carbocycles. The van der Waals surface area contributed by atoms with E-state index >= 15 is 0 Å². The Bertz CT molecular complexity index is 1120. The maximum absolute atomic E-state index is 11.8. The summed E-state index contributed by atoms with van der Waals surface area (Å²) in [4.78, 5) is 33.3. The number of hydrogen-bond acceptors (Lipinski definition) is 7. The van der Waals surface area contributed by atoms with E-state index in [4.69, 9.17) is 5.73 Å². The third-order valence-electron chi connectivity index (χ3n) is 4.96. The van der Waals surface area contributed by atoms with Crippen LogP contribution in [0, 0.1) is 10.1 Å². The third kappa shape index (κ3) is 5.20. The standard InChI is InChI=1S/C22H24N6O3/c1-3-11-27(2)12-10-19(15-6-4-7-16(13-15)28(30)31)26-22-18-9-5-8-17(21(23)29)20(18)24-14-25-22/h3-9,13-14,19H,1,10-12H2,2H3,(H2,23,29)(H,24,25,26). The number of fused-ring (bicyclic) bond motifs is 1. The van der Waals surface area contributed by atoms with E-state index in [0.717, 1.165) is 18.7 Å². The van der Waals surface area contributed by atoms with Crippen molar-refractivity contribution in [1.29, 1.82) is 0 Å². The monoisotopic (exact) mass is 420 g/mol. The van der Waals surface area contributed by atoms with Crippen LogP contribution in [-0.2, 0) is 0 Å². The Kier molecular flexibility index (Phi) is 6.88. The number of hydrogen-bond donors (Lipinski definition) is 2. The van der Waals surface area contributed by atoms with Crippen LogP contribution in [0.3, 0.4) is 0 Å². The molecule has 31 heavy (non-hydrogen) atoms. The Morgan fingerprint density at radius 3 is 2.81 bits per heavy atom. The van der Waals surface area contributed by atoms with Gasteiger partial charge in [-0.2, -0.15) is 0 Å². The van der Waals surface area contributed by atoms with Gasteiger partial charge in [0.25, 0.3) is 11.6 Å². The highest BCUT2D eigenvalue weighted by Gasteiger charge is 2.18. The first kappa shape index (κ1) is 21.8. The normalized spacial score (nSPS) is 11.9. The first-order valence-electron chi connectivity index (χ1n) is 9.74. The number of nitrogens with two attached hydrogens (primary N) is 1. The van der Waals surface area contributed by atoms with E-state index < -0.39 is 10.8 Å². The molecule has 1 amide bonds. The van der Waals surface area contributed by atoms with Gasteiger partial charge in [-0.05, 0) is 31.2 Å². The lowest BCUT2D eigenvalue weighted by Crippen LogP contribution is -2.24. The van der Waals surface area contributed by atoms with E-state index in [2.05, 4.69) is 26.8 Å². The first-order valence-corrected chi connectivity index (χ1v) is 9.74. The molecule has 2 aromatic carbocycles. The number of non-ortho nitro benzene ring substituents is 1. The molecule has 1 atom stereocenters. The number of nitrogens with zero attached hydrogens (tertiary/aromatic N) is 4. The van der Waals surface area contributed by atoms with E-state index in [0.29, 0.717) is 28.7 Å². The average molecular weight is 420 g/mol. The summed E-state index contributed by atoms with van der Waals surface area (Å²) in [6.07, 6.45) is 3.84. The molecular weight excluding hydrogens is 396 g/mol. The van der Waals surface area contributed by atoms with Crippen molar-refractivity contribution in [2.45, 2.75) is 12.5 Å². The molecule has 0 aliphatic rings. The number of nitrogens with one attached hydrogen (secondary N) is 1. The zero-order valence-electron chi connectivity index (χ0n) is 17.2. The Balaban J connectivity index is 1.99. The van der Waals surface area contributed by atoms with Gasteiger partial charge in [0, 0.05) is 30.6 Å². The minimum absolute atomic E-state index is 0.0207. The summed E-state index contributed by atoms with van der Waals surface area (Å²) in [6, 6.07) is 11.4. The highest BCUT2D eigenvalue weighted by atomic mass is 16.6. The molecule has 3 rings (SSSR count). The number of benzene rings is 2. The topological polar surface area (TPSA) is 127 Å². The van der Waals surface area contributed by atoms with Crippen LogP contribution in [0.1, 0.15) is 28.4 Å². The highest BCUT2D eigenvalue weighted by molar-refractivity contribution is 6.06. The smallest absolute Gasteiger partial charge is 0.269 e. The Hall–Kier alpha value is -3.85. The van der Waals surface area contributed by atoms with Gasteiger partial charge < -0.3 is 16.0 Å². The number of carbonyl (C=O) groups is 1. The molecule has 9 nitrogen and oxygen atoms in total. The predicted octanol–water partition coefficient (Wildman–Crippen LogP) is 3.30. The molecule has 0 radical (unpaired) electrons. The molecule has 3 aromatic rings. The minimum Gasteiger partial charge on any atom is -0.366 e. The fourth-order valence-electron chi connectivity index (χ4n) is 3.40. The molecule has 0 aliphatic heterocycles. The Morgan fingerprint density at radius 1 is 1.32 bits per heavy atom. The van der Waals surface area contributed by atoms with Gasteiger partial charge in [-0.3, -0.25) is 14.9 Å². The molecule has 0 saturated carbocycles. The summed E-state index contributed by atoms with van der Waals surface area (Å²) in [7, 11) is 1.98. The second kappa shape index (κ2) is 9.77. The van der Waals surface area contributed by atoms with Gasteiger partial charge in [0.15, 0.2) is 0 Å². The van der Waals surface area contributed by atoms with E-state index in [1.807, 2.05) is 19.2 Å². The maximum Gasteiger partial charge on any atom is 0.269 e. The Morgan fingerprint density at radius 2 is 2.10 bits per heavy atom. The van der Waals surface area contributed by atoms with Crippen molar-refractivity contribution in [2.24, 2.45) is 5.73 Å². The second-order valence-corrected chi connectivity index (χ2v) is 7.18. The minimum atomic E-state index is -0.573. The van der Waals surface area contributed by atoms with Gasteiger partial charge in [0.2, 0.25) is 0 Å². The van der Waals surface area contributed by atoms with Crippen LogP contribution in [-0.4, -0.2) is 45.8 Å². The summed E-state index contributed by atoms with van der Waals surface area (Å²) in [5.41, 5.74) is 7.02. The molecule has 9 heteroatoms. The van der Waals surface area contributed by atoms with Crippen molar-refractivity contribution in [2.75, 3.05) is 25.5 Å². The molecule has 1 heterocycles. The van der Waals surface area contributed by atoms with Crippen LogP contribution in [0.4, 0.5) is 11.5 Å². The quantitative estimate of drug-likeness (QED) is 0.293. The molecule has 0 fully saturated rings. The van der Waals surface area contributed by atoms with Gasteiger partial charge in [-0.1, -0.05) is 24.3 Å². The van der Waals surface area contributed by atoms with Crippen LogP contribution in [0.25, 0.3) is 10.9 Å². The molecule has 1 unspecified atom stereocenters. The summed E-state index contributed by atoms with van der Waals surface area (Å²) >= 11 is 0. The van der Waals surface area contributed by atoms with Gasteiger partial charge in [0.1, 0.15) is 12.1 Å². The molecular formula is C22H24N6O3. The van der Waals surface area contributed by atoms with Crippen molar-refractivity contribution >= 4 is 28.3 Å². The summed E-state index contributed by atoms with van der Waals surface area (Å²) < 4.78 is 0. The summed E-state index contributed by atoms with van der Waals surface area (Å²) in [5.74, 6) is -0.0486. The van der Waals surface area contributed by atoms with Crippen molar-refractivity contribution < 1.29 is 9.72 Å². The number of nitro groups is 1. The number of aromatic nitrogens is 2. The van der Waals surface area contributed by atoms with E-state index in [1.54, 1.807) is 30.3 Å². The lowest BCUT2D eigenvalue weighted by molar-refractivity contribution is -0.384. The summed E-state index contributed by atoms with van der Waals surface area (Å²) in [6.45, 7) is 5.20.